The third kappa shape index (κ3) is 3.67. The highest BCUT2D eigenvalue weighted by Gasteiger charge is 2.08. The molecule has 0 saturated carbocycles. The molecule has 0 aliphatic carbocycles. The van der Waals surface area contributed by atoms with Crippen LogP contribution < -0.4 is 5.73 Å². The van der Waals surface area contributed by atoms with Crippen LogP contribution in [-0.2, 0) is 6.42 Å². The fourth-order valence-electron chi connectivity index (χ4n) is 1.30. The summed E-state index contributed by atoms with van der Waals surface area (Å²) in [5.41, 5.74) is 6.71. The molecule has 1 nitrogen and oxygen atoms in total. The maximum atomic E-state index is 13.4. The van der Waals surface area contributed by atoms with Gasteiger partial charge in [0, 0.05) is 10.9 Å². The Kier molecular flexibility index (Phi) is 4.90. The van der Waals surface area contributed by atoms with Crippen LogP contribution in [0.2, 0.25) is 5.02 Å². The lowest BCUT2D eigenvalue weighted by molar-refractivity contribution is 0.599. The molecule has 0 saturated heterocycles. The Morgan fingerprint density at radius 2 is 2.20 bits per heavy atom. The average molecular weight is 248 g/mol. The van der Waals surface area contributed by atoms with Crippen molar-refractivity contribution >= 4 is 23.4 Å². The van der Waals surface area contributed by atoms with Gasteiger partial charge in [0.05, 0.1) is 5.02 Å². The van der Waals surface area contributed by atoms with Crippen LogP contribution in [0.3, 0.4) is 0 Å². The van der Waals surface area contributed by atoms with Crippen molar-refractivity contribution in [1.29, 1.82) is 0 Å². The molecule has 0 aliphatic rings. The van der Waals surface area contributed by atoms with Gasteiger partial charge in [0.25, 0.3) is 0 Å². The van der Waals surface area contributed by atoms with E-state index in [-0.39, 0.29) is 16.9 Å². The van der Waals surface area contributed by atoms with Crippen molar-refractivity contribution in [3.8, 4) is 0 Å². The normalized spacial score (nSPS) is 12.9. The van der Waals surface area contributed by atoms with Gasteiger partial charge in [-0.3, -0.25) is 0 Å². The van der Waals surface area contributed by atoms with Crippen LogP contribution in [0, 0.1) is 5.82 Å². The zero-order valence-electron chi connectivity index (χ0n) is 8.89. The van der Waals surface area contributed by atoms with Crippen LogP contribution >= 0.6 is 23.4 Å². The molecule has 2 N–H and O–H groups in total. The van der Waals surface area contributed by atoms with Gasteiger partial charge in [0.15, 0.2) is 5.82 Å². The Bertz CT molecular complexity index is 342. The molecular weight excluding hydrogens is 233 g/mol. The summed E-state index contributed by atoms with van der Waals surface area (Å²) in [6.07, 6.45) is 3.56. The van der Waals surface area contributed by atoms with Crippen molar-refractivity contribution < 1.29 is 4.39 Å². The molecular formula is C11H15ClFNS. The Hall–Kier alpha value is -0.250. The van der Waals surface area contributed by atoms with E-state index in [9.17, 15) is 4.39 Å². The second kappa shape index (κ2) is 5.73. The molecule has 1 aromatic carbocycles. The molecule has 0 heterocycles. The second-order valence-corrected chi connectivity index (χ2v) is 4.87. The molecule has 1 rings (SSSR count). The van der Waals surface area contributed by atoms with Gasteiger partial charge in [-0.05, 0) is 43.7 Å². The number of hydrogen-bond donors (Lipinski definition) is 1. The molecule has 0 fully saturated rings. The Balaban J connectivity index is 2.86. The first kappa shape index (κ1) is 12.8. The van der Waals surface area contributed by atoms with E-state index in [1.165, 1.54) is 11.8 Å². The van der Waals surface area contributed by atoms with Crippen molar-refractivity contribution in [3.63, 3.8) is 0 Å². The van der Waals surface area contributed by atoms with Gasteiger partial charge in [-0.25, -0.2) is 4.39 Å². The standard InChI is InChI=1S/C11H15ClFNS/c1-7(14)3-4-8-5-9(12)11(13)10(6-8)15-2/h5-7H,3-4,14H2,1-2H3. The van der Waals surface area contributed by atoms with Crippen LogP contribution in [0.5, 0.6) is 0 Å². The Morgan fingerprint density at radius 1 is 1.53 bits per heavy atom. The Labute approximate surface area is 99.2 Å². The van der Waals surface area contributed by atoms with Gasteiger partial charge in [0.1, 0.15) is 0 Å². The van der Waals surface area contributed by atoms with E-state index >= 15 is 0 Å². The highest BCUT2D eigenvalue weighted by Crippen LogP contribution is 2.27. The topological polar surface area (TPSA) is 26.0 Å². The summed E-state index contributed by atoms with van der Waals surface area (Å²) >= 11 is 7.16. The number of hydrogen-bond acceptors (Lipinski definition) is 2. The van der Waals surface area contributed by atoms with Gasteiger partial charge < -0.3 is 5.73 Å². The van der Waals surface area contributed by atoms with Crippen molar-refractivity contribution in [2.45, 2.75) is 30.7 Å². The number of nitrogens with two attached hydrogens (primary N) is 1. The fraction of sp³-hybridized carbons (Fsp3) is 0.455. The van der Waals surface area contributed by atoms with Crippen LogP contribution in [0.15, 0.2) is 17.0 Å². The van der Waals surface area contributed by atoms with E-state index in [2.05, 4.69) is 0 Å². The first-order chi connectivity index (χ1) is 7.04. The maximum Gasteiger partial charge on any atom is 0.155 e. The monoisotopic (exact) mass is 247 g/mol. The third-order valence-corrected chi connectivity index (χ3v) is 3.17. The summed E-state index contributed by atoms with van der Waals surface area (Å²) in [5, 5.41) is 0.196. The highest BCUT2D eigenvalue weighted by molar-refractivity contribution is 7.98. The SMILES string of the molecule is CSc1cc(CCC(C)N)cc(Cl)c1F. The van der Waals surface area contributed by atoms with Gasteiger partial charge >= 0.3 is 0 Å². The summed E-state index contributed by atoms with van der Waals surface area (Å²) in [6.45, 7) is 1.96. The van der Waals surface area contributed by atoms with E-state index in [0.717, 1.165) is 18.4 Å². The zero-order valence-corrected chi connectivity index (χ0v) is 10.5. The molecule has 1 aromatic rings. The molecule has 0 bridgehead atoms. The summed E-state index contributed by atoms with van der Waals surface area (Å²) < 4.78 is 13.4. The van der Waals surface area contributed by atoms with Gasteiger partial charge in [-0.1, -0.05) is 11.6 Å². The first-order valence-corrected chi connectivity index (χ1v) is 6.42. The Morgan fingerprint density at radius 3 is 2.73 bits per heavy atom. The zero-order chi connectivity index (χ0) is 11.4. The molecule has 4 heteroatoms. The molecule has 0 aliphatic heterocycles. The van der Waals surface area contributed by atoms with Gasteiger partial charge in [-0.2, -0.15) is 0 Å². The smallest absolute Gasteiger partial charge is 0.155 e. The summed E-state index contributed by atoms with van der Waals surface area (Å²) in [7, 11) is 0. The minimum absolute atomic E-state index is 0.159. The number of thioether (sulfide) groups is 1. The van der Waals surface area contributed by atoms with Crippen LogP contribution in [0.1, 0.15) is 18.9 Å². The predicted molar refractivity (Wildman–Crippen MR) is 65.2 cm³/mol. The minimum Gasteiger partial charge on any atom is -0.328 e. The highest BCUT2D eigenvalue weighted by atomic mass is 35.5. The van der Waals surface area contributed by atoms with Crippen molar-refractivity contribution in [2.75, 3.05) is 6.26 Å². The molecule has 0 spiro atoms. The summed E-state index contributed by atoms with van der Waals surface area (Å²) in [5.74, 6) is -0.325. The summed E-state index contributed by atoms with van der Waals surface area (Å²) in [6, 6.07) is 3.68. The lowest BCUT2D eigenvalue weighted by Crippen LogP contribution is -2.15. The molecule has 1 atom stereocenters. The quantitative estimate of drug-likeness (QED) is 0.825. The van der Waals surface area contributed by atoms with Gasteiger partial charge in [-0.15, -0.1) is 11.8 Å². The second-order valence-electron chi connectivity index (χ2n) is 3.61. The molecule has 0 aromatic heterocycles. The molecule has 0 amide bonds. The van der Waals surface area contributed by atoms with Crippen molar-refractivity contribution in [1.82, 2.24) is 0 Å². The number of halogens is 2. The van der Waals surface area contributed by atoms with Crippen molar-refractivity contribution in [3.05, 3.63) is 28.5 Å². The third-order valence-electron chi connectivity index (χ3n) is 2.16. The van der Waals surface area contributed by atoms with Crippen LogP contribution in [0.4, 0.5) is 4.39 Å². The van der Waals surface area contributed by atoms with E-state index in [1.807, 2.05) is 19.2 Å². The van der Waals surface area contributed by atoms with Crippen molar-refractivity contribution in [2.24, 2.45) is 5.73 Å². The minimum atomic E-state index is -0.325. The lowest BCUT2D eigenvalue weighted by atomic mass is 10.1. The number of aryl methyl sites for hydroxylation is 1. The maximum absolute atomic E-state index is 13.4. The van der Waals surface area contributed by atoms with Crippen LogP contribution in [0.25, 0.3) is 0 Å². The van der Waals surface area contributed by atoms with E-state index in [1.54, 1.807) is 6.07 Å². The van der Waals surface area contributed by atoms with E-state index in [0.29, 0.717) is 4.90 Å². The molecule has 0 radical (unpaired) electrons. The lowest BCUT2D eigenvalue weighted by Gasteiger charge is -2.08. The fourth-order valence-corrected chi connectivity index (χ4v) is 2.16. The number of rotatable bonds is 4. The van der Waals surface area contributed by atoms with Crippen LogP contribution in [-0.4, -0.2) is 12.3 Å². The molecule has 15 heavy (non-hydrogen) atoms. The predicted octanol–water partition coefficient (Wildman–Crippen LogP) is 3.48. The first-order valence-electron chi connectivity index (χ1n) is 4.82. The summed E-state index contributed by atoms with van der Waals surface area (Å²) in [4.78, 5) is 0.599. The van der Waals surface area contributed by atoms with E-state index < -0.39 is 0 Å². The van der Waals surface area contributed by atoms with Gasteiger partial charge in [0.2, 0.25) is 0 Å². The number of benzene rings is 1. The largest absolute Gasteiger partial charge is 0.328 e. The molecule has 1 unspecified atom stereocenters. The average Bonchev–Trinajstić information content (AvgIpc) is 2.19. The molecule has 84 valence electrons. The van der Waals surface area contributed by atoms with E-state index in [4.69, 9.17) is 17.3 Å².